The van der Waals surface area contributed by atoms with Gasteiger partial charge in [0, 0.05) is 30.8 Å². The van der Waals surface area contributed by atoms with Crippen LogP contribution in [0.3, 0.4) is 0 Å². The first kappa shape index (κ1) is 13.4. The molecule has 0 aromatic heterocycles. The van der Waals surface area contributed by atoms with E-state index in [0.29, 0.717) is 30.0 Å². The number of hydrogen-bond donors (Lipinski definition) is 1. The number of benzene rings is 1. The Labute approximate surface area is 111 Å². The second kappa shape index (κ2) is 5.27. The molecule has 1 saturated heterocycles. The average molecular weight is 264 g/mol. The van der Waals surface area contributed by atoms with E-state index in [0.717, 1.165) is 0 Å². The lowest BCUT2D eigenvalue weighted by atomic mass is 10.1. The minimum Gasteiger partial charge on any atom is -0.496 e. The lowest BCUT2D eigenvalue weighted by Crippen LogP contribution is -2.28. The molecular weight excluding hydrogens is 248 g/mol. The molecule has 1 aromatic carbocycles. The number of rotatable bonds is 3. The van der Waals surface area contributed by atoms with E-state index in [1.165, 1.54) is 14.2 Å². The van der Waals surface area contributed by atoms with E-state index in [4.69, 9.17) is 10.5 Å². The van der Waals surface area contributed by atoms with Gasteiger partial charge in [-0.1, -0.05) is 0 Å². The fraction of sp³-hybridized carbons (Fsp3) is 0.385. The van der Waals surface area contributed by atoms with Crippen LogP contribution in [0.5, 0.6) is 5.75 Å². The van der Waals surface area contributed by atoms with Crippen molar-refractivity contribution in [1.82, 2.24) is 0 Å². The molecule has 0 saturated carbocycles. The summed E-state index contributed by atoms with van der Waals surface area (Å²) in [5.41, 5.74) is 6.75. The summed E-state index contributed by atoms with van der Waals surface area (Å²) in [5, 5.41) is 0. The quantitative estimate of drug-likeness (QED) is 0.806. The molecule has 0 spiro atoms. The van der Waals surface area contributed by atoms with Gasteiger partial charge in [0.25, 0.3) is 0 Å². The van der Waals surface area contributed by atoms with Crippen LogP contribution >= 0.6 is 0 Å². The molecule has 1 aromatic rings. The van der Waals surface area contributed by atoms with Crippen LogP contribution in [-0.2, 0) is 9.53 Å². The summed E-state index contributed by atoms with van der Waals surface area (Å²) >= 11 is 0. The van der Waals surface area contributed by atoms with E-state index < -0.39 is 5.97 Å². The topological polar surface area (TPSA) is 81.9 Å². The Morgan fingerprint density at radius 3 is 2.68 bits per heavy atom. The lowest BCUT2D eigenvalue weighted by Gasteiger charge is -2.18. The van der Waals surface area contributed by atoms with Gasteiger partial charge in [0.2, 0.25) is 5.91 Å². The third kappa shape index (κ3) is 2.53. The number of ether oxygens (including phenoxy) is 2. The van der Waals surface area contributed by atoms with Gasteiger partial charge in [0.05, 0.1) is 14.2 Å². The standard InChI is InChI=1S/C13H16N2O4/c1-18-11-6-9(3-4-10(11)13(17)19-2)15-7-8(14)5-12(15)16/h3-4,6,8H,5,7,14H2,1-2H3. The van der Waals surface area contributed by atoms with Crippen LogP contribution in [0.4, 0.5) is 5.69 Å². The van der Waals surface area contributed by atoms with Gasteiger partial charge in [-0.3, -0.25) is 4.79 Å². The van der Waals surface area contributed by atoms with Crippen molar-refractivity contribution in [3.05, 3.63) is 23.8 Å². The summed E-state index contributed by atoms with van der Waals surface area (Å²) in [6, 6.07) is 4.75. The molecule has 102 valence electrons. The highest BCUT2D eigenvalue weighted by Gasteiger charge is 2.28. The molecule has 2 N–H and O–H groups in total. The molecule has 1 fully saturated rings. The minimum absolute atomic E-state index is 0.0274. The molecule has 19 heavy (non-hydrogen) atoms. The molecule has 1 aliphatic heterocycles. The van der Waals surface area contributed by atoms with Gasteiger partial charge >= 0.3 is 5.97 Å². The van der Waals surface area contributed by atoms with Crippen molar-refractivity contribution in [2.45, 2.75) is 12.5 Å². The van der Waals surface area contributed by atoms with Crippen LogP contribution in [0, 0.1) is 0 Å². The van der Waals surface area contributed by atoms with E-state index in [1.807, 2.05) is 0 Å². The maximum atomic E-state index is 11.8. The number of methoxy groups -OCH3 is 2. The summed E-state index contributed by atoms with van der Waals surface area (Å²) in [6.45, 7) is 0.472. The lowest BCUT2D eigenvalue weighted by molar-refractivity contribution is -0.117. The van der Waals surface area contributed by atoms with Crippen molar-refractivity contribution in [3.63, 3.8) is 0 Å². The summed E-state index contributed by atoms with van der Waals surface area (Å²) in [4.78, 5) is 24.9. The Balaban J connectivity index is 2.34. The van der Waals surface area contributed by atoms with Gasteiger partial charge in [-0.25, -0.2) is 4.79 Å². The monoisotopic (exact) mass is 264 g/mol. The number of nitrogens with zero attached hydrogens (tertiary/aromatic N) is 1. The zero-order valence-electron chi connectivity index (χ0n) is 10.9. The van der Waals surface area contributed by atoms with Crippen LogP contribution in [0.25, 0.3) is 0 Å². The van der Waals surface area contributed by atoms with Gasteiger partial charge in [-0.2, -0.15) is 0 Å². The molecule has 0 bridgehead atoms. The summed E-state index contributed by atoms with van der Waals surface area (Å²) < 4.78 is 9.82. The third-order valence-electron chi connectivity index (χ3n) is 3.06. The van der Waals surface area contributed by atoms with Gasteiger partial charge in [-0.15, -0.1) is 0 Å². The number of esters is 1. The van der Waals surface area contributed by atoms with E-state index in [9.17, 15) is 9.59 Å². The summed E-state index contributed by atoms with van der Waals surface area (Å²) in [6.07, 6.45) is 0.334. The van der Waals surface area contributed by atoms with E-state index in [-0.39, 0.29) is 11.9 Å². The molecule has 1 atom stereocenters. The smallest absolute Gasteiger partial charge is 0.341 e. The van der Waals surface area contributed by atoms with Crippen molar-refractivity contribution >= 4 is 17.6 Å². The van der Waals surface area contributed by atoms with Gasteiger partial charge in [0.1, 0.15) is 11.3 Å². The van der Waals surface area contributed by atoms with Crippen molar-refractivity contribution in [2.24, 2.45) is 5.73 Å². The zero-order valence-corrected chi connectivity index (χ0v) is 10.9. The van der Waals surface area contributed by atoms with Crippen LogP contribution in [0.2, 0.25) is 0 Å². The van der Waals surface area contributed by atoms with Crippen LogP contribution in [0.15, 0.2) is 18.2 Å². The van der Waals surface area contributed by atoms with Crippen molar-refractivity contribution < 1.29 is 19.1 Å². The fourth-order valence-corrected chi connectivity index (χ4v) is 2.11. The maximum Gasteiger partial charge on any atom is 0.341 e. The predicted molar refractivity (Wildman–Crippen MR) is 69.3 cm³/mol. The molecular formula is C13H16N2O4. The highest BCUT2D eigenvalue weighted by Crippen LogP contribution is 2.28. The predicted octanol–water partition coefficient (Wildman–Crippen LogP) is 0.546. The van der Waals surface area contributed by atoms with Gasteiger partial charge < -0.3 is 20.1 Å². The Morgan fingerprint density at radius 2 is 2.16 bits per heavy atom. The maximum absolute atomic E-state index is 11.8. The molecule has 0 radical (unpaired) electrons. The van der Waals surface area contributed by atoms with Crippen LogP contribution < -0.4 is 15.4 Å². The molecule has 0 aliphatic carbocycles. The molecule has 1 heterocycles. The number of anilines is 1. The Bertz CT molecular complexity index is 515. The van der Waals surface area contributed by atoms with Crippen LogP contribution in [0.1, 0.15) is 16.8 Å². The number of hydrogen-bond acceptors (Lipinski definition) is 5. The highest BCUT2D eigenvalue weighted by molar-refractivity contribution is 5.98. The van der Waals surface area contributed by atoms with E-state index in [2.05, 4.69) is 4.74 Å². The molecule has 6 heteroatoms. The summed E-state index contributed by atoms with van der Waals surface area (Å²) in [7, 11) is 2.77. The van der Waals surface area contributed by atoms with Crippen LogP contribution in [-0.4, -0.2) is 38.7 Å². The van der Waals surface area contributed by atoms with Crippen molar-refractivity contribution in [3.8, 4) is 5.75 Å². The Morgan fingerprint density at radius 1 is 1.42 bits per heavy atom. The van der Waals surface area contributed by atoms with Gasteiger partial charge in [-0.05, 0) is 12.1 Å². The molecule has 2 rings (SSSR count). The molecule has 1 unspecified atom stereocenters. The first-order valence-corrected chi connectivity index (χ1v) is 5.89. The van der Waals surface area contributed by atoms with Crippen molar-refractivity contribution in [1.29, 1.82) is 0 Å². The van der Waals surface area contributed by atoms with Gasteiger partial charge in [0.15, 0.2) is 0 Å². The number of carbonyl (C=O) groups excluding carboxylic acids is 2. The Kier molecular flexibility index (Phi) is 3.71. The average Bonchev–Trinajstić information content (AvgIpc) is 2.76. The van der Waals surface area contributed by atoms with E-state index >= 15 is 0 Å². The Hall–Kier alpha value is -2.08. The largest absolute Gasteiger partial charge is 0.496 e. The zero-order chi connectivity index (χ0) is 14.0. The first-order valence-electron chi connectivity index (χ1n) is 5.89. The normalized spacial score (nSPS) is 18.6. The highest BCUT2D eigenvalue weighted by atomic mass is 16.5. The minimum atomic E-state index is -0.479. The summed E-state index contributed by atoms with van der Waals surface area (Å²) in [5.74, 6) is -0.133. The fourth-order valence-electron chi connectivity index (χ4n) is 2.11. The SMILES string of the molecule is COC(=O)c1ccc(N2CC(N)CC2=O)cc1OC. The number of carbonyl (C=O) groups is 2. The third-order valence-corrected chi connectivity index (χ3v) is 3.06. The van der Waals surface area contributed by atoms with Crippen molar-refractivity contribution in [2.75, 3.05) is 25.7 Å². The number of amides is 1. The second-order valence-corrected chi connectivity index (χ2v) is 4.34. The first-order chi connectivity index (χ1) is 9.06. The van der Waals surface area contributed by atoms with E-state index in [1.54, 1.807) is 23.1 Å². The number of nitrogens with two attached hydrogens (primary N) is 1. The molecule has 1 aliphatic rings. The molecule has 1 amide bonds. The second-order valence-electron chi connectivity index (χ2n) is 4.34. The molecule has 6 nitrogen and oxygen atoms in total.